The van der Waals surface area contributed by atoms with Crippen LogP contribution in [0, 0.1) is 11.8 Å². The van der Waals surface area contributed by atoms with E-state index < -0.39 is 24.2 Å². The van der Waals surface area contributed by atoms with Crippen LogP contribution in [0.4, 0.5) is 0 Å². The van der Waals surface area contributed by atoms with Gasteiger partial charge in [0.1, 0.15) is 12.1 Å². The van der Waals surface area contributed by atoms with Crippen LogP contribution in [0.3, 0.4) is 0 Å². The normalized spacial score (nSPS) is 19.4. The van der Waals surface area contributed by atoms with E-state index in [1.54, 1.807) is 0 Å². The SMILES string of the molecule is CCN[C@@H](C)C(=O)N[C@H](C(=O)N1CCC[C@H]1CN(CCc1ccccc1)C(=O)c1ccc(-c2ccc(C(=O)N(CCc3ccccc3)C[C@@H]3CCCN3C(=O)[C@@H](NC(=O)[C@H](C)NCC)C3CCCCC3)cc2)cc1)C1CCCCC1.[HH].[HH].[HH].[HH]. The molecule has 14 nitrogen and oxygen atoms in total. The average Bonchev–Trinajstić information content (AvgIpc) is 4.22. The minimum absolute atomic E-state index is 0. The summed E-state index contributed by atoms with van der Waals surface area (Å²) >= 11 is 0. The zero-order chi connectivity index (χ0) is 56.4. The standard InChI is InChI=1S/C66H90N8O6.4H2/c1-5-67-47(3)61(75)69-59(53-25-15-9-16-26-53)65(79)73-41-19-29-57(73)45-71(43-39-49-21-11-7-12-22-49)63(77)55-35-31-51(32-36-55)52-33-37-56(38-34-52)64(78)72(44-40-50-23-13-8-14-24-50)46-58-30-20-42-74(58)66(80)60(54-27-17-10-18-28-54)70-62(76)48(4)68-6-2;;;;/h7-8,11-14,21-24,31-38,47-48,53-54,57-60,67-68H,5-6,9-10,15-20,25-30,39-46H2,1-4H3,(H,69,75)(H,70,76);4*1H/t47-,48-,57-,58-,59-,60-;;;;/m0..../s1. The van der Waals surface area contributed by atoms with E-state index in [0.29, 0.717) is 76.3 Å². The Labute approximate surface area is 482 Å². The Bertz CT molecular complexity index is 2460. The van der Waals surface area contributed by atoms with Gasteiger partial charge in [0.25, 0.3) is 11.8 Å². The van der Waals surface area contributed by atoms with Crippen molar-refractivity contribution in [3.63, 3.8) is 0 Å². The van der Waals surface area contributed by atoms with Gasteiger partial charge >= 0.3 is 0 Å². The molecule has 4 aromatic carbocycles. The first-order chi connectivity index (χ1) is 38.9. The molecule has 2 saturated carbocycles. The molecule has 4 aliphatic rings. The van der Waals surface area contributed by atoms with Crippen molar-refractivity contribution < 1.29 is 34.5 Å². The van der Waals surface area contributed by atoms with Crippen LogP contribution in [-0.4, -0.2) is 144 Å². The fourth-order valence-electron chi connectivity index (χ4n) is 12.9. The molecule has 0 unspecified atom stereocenters. The molecule has 8 rings (SSSR count). The molecule has 6 amide bonds. The third-order valence-corrected chi connectivity index (χ3v) is 17.6. The number of likely N-dealkylation sites (N-methyl/N-ethyl adjacent to an activating group) is 2. The molecule has 438 valence electrons. The number of hydrogen-bond donors (Lipinski definition) is 4. The summed E-state index contributed by atoms with van der Waals surface area (Å²) in [7, 11) is 0. The lowest BCUT2D eigenvalue weighted by Crippen LogP contribution is -2.57. The van der Waals surface area contributed by atoms with Gasteiger partial charge in [-0.1, -0.05) is 137 Å². The van der Waals surface area contributed by atoms with E-state index in [2.05, 4.69) is 45.5 Å². The summed E-state index contributed by atoms with van der Waals surface area (Å²) in [4.78, 5) is 93.4. The van der Waals surface area contributed by atoms with E-state index in [0.717, 1.165) is 112 Å². The first-order valence-corrected chi connectivity index (χ1v) is 30.5. The summed E-state index contributed by atoms with van der Waals surface area (Å²) in [6.07, 6.45) is 14.6. The number of nitrogens with zero attached hydrogens (tertiary/aromatic N) is 4. The average molecular weight is 1100 g/mol. The van der Waals surface area contributed by atoms with Crippen molar-refractivity contribution >= 4 is 35.4 Å². The van der Waals surface area contributed by atoms with Crippen molar-refractivity contribution in [1.29, 1.82) is 0 Å². The summed E-state index contributed by atoms with van der Waals surface area (Å²) in [5.41, 5.74) is 5.17. The third kappa shape index (κ3) is 16.0. The van der Waals surface area contributed by atoms with E-state index in [4.69, 9.17) is 0 Å². The molecule has 2 aliphatic carbocycles. The Balaban J connectivity index is 0.00000378. The molecular formula is C66H98N8O6. The number of rotatable bonds is 25. The first-order valence-electron chi connectivity index (χ1n) is 30.5. The predicted molar refractivity (Wildman–Crippen MR) is 325 cm³/mol. The second-order valence-corrected chi connectivity index (χ2v) is 23.1. The van der Waals surface area contributed by atoms with Crippen LogP contribution in [-0.2, 0) is 32.0 Å². The second kappa shape index (κ2) is 29.9. The monoisotopic (exact) mass is 1100 g/mol. The zero-order valence-corrected chi connectivity index (χ0v) is 48.2. The van der Waals surface area contributed by atoms with Crippen molar-refractivity contribution in [2.24, 2.45) is 11.8 Å². The zero-order valence-electron chi connectivity index (χ0n) is 48.2. The van der Waals surface area contributed by atoms with Crippen LogP contribution in [0.2, 0.25) is 0 Å². The Kier molecular flexibility index (Phi) is 22.3. The number of nitrogens with one attached hydrogen (secondary N) is 4. The lowest BCUT2D eigenvalue weighted by molar-refractivity contribution is -0.139. The minimum Gasteiger partial charge on any atom is -0.343 e. The molecule has 4 fully saturated rings. The summed E-state index contributed by atoms with van der Waals surface area (Å²) in [5, 5.41) is 12.8. The molecule has 0 radical (unpaired) electrons. The molecule has 2 heterocycles. The lowest BCUT2D eigenvalue weighted by atomic mass is 9.83. The van der Waals surface area contributed by atoms with Gasteiger partial charge in [-0.3, -0.25) is 28.8 Å². The van der Waals surface area contributed by atoms with Crippen LogP contribution < -0.4 is 21.3 Å². The molecular weight excluding hydrogens is 1000 g/mol. The summed E-state index contributed by atoms with van der Waals surface area (Å²) in [6.45, 7) is 11.9. The highest BCUT2D eigenvalue weighted by Gasteiger charge is 2.42. The number of benzene rings is 4. The van der Waals surface area contributed by atoms with Crippen LogP contribution >= 0.6 is 0 Å². The molecule has 2 saturated heterocycles. The van der Waals surface area contributed by atoms with Gasteiger partial charge in [0.15, 0.2) is 0 Å². The Hall–Kier alpha value is -6.38. The number of amides is 6. The maximum Gasteiger partial charge on any atom is 0.253 e. The van der Waals surface area contributed by atoms with Crippen LogP contribution in [0.5, 0.6) is 0 Å². The van der Waals surface area contributed by atoms with Gasteiger partial charge < -0.3 is 40.9 Å². The summed E-state index contributed by atoms with van der Waals surface area (Å²) in [6, 6.07) is 33.3. The third-order valence-electron chi connectivity index (χ3n) is 17.6. The molecule has 0 bridgehead atoms. The molecule has 0 aromatic heterocycles. The summed E-state index contributed by atoms with van der Waals surface area (Å²) in [5.74, 6) is -0.424. The highest BCUT2D eigenvalue weighted by molar-refractivity contribution is 5.96. The maximum atomic E-state index is 14.7. The second-order valence-electron chi connectivity index (χ2n) is 23.1. The largest absolute Gasteiger partial charge is 0.343 e. The predicted octanol–water partition coefficient (Wildman–Crippen LogP) is 9.82. The Morgan fingerprint density at radius 3 is 1.20 bits per heavy atom. The minimum atomic E-state index is -0.597. The summed E-state index contributed by atoms with van der Waals surface area (Å²) < 4.78 is 0. The van der Waals surface area contributed by atoms with Gasteiger partial charge in [0, 0.05) is 68.2 Å². The highest BCUT2D eigenvalue weighted by Crippen LogP contribution is 2.32. The molecule has 80 heavy (non-hydrogen) atoms. The molecule has 4 N–H and O–H groups in total. The maximum absolute atomic E-state index is 14.7. The van der Waals surface area contributed by atoms with E-state index in [-0.39, 0.29) is 65.1 Å². The van der Waals surface area contributed by atoms with Gasteiger partial charge in [-0.15, -0.1) is 0 Å². The van der Waals surface area contributed by atoms with Crippen molar-refractivity contribution in [3.8, 4) is 11.1 Å². The van der Waals surface area contributed by atoms with Gasteiger partial charge in [-0.2, -0.15) is 0 Å². The van der Waals surface area contributed by atoms with Gasteiger partial charge in [0.05, 0.1) is 12.1 Å². The number of carbonyl (C=O) groups excluding carboxylic acids is 6. The van der Waals surface area contributed by atoms with Crippen LogP contribution in [0.25, 0.3) is 11.1 Å². The van der Waals surface area contributed by atoms with E-state index in [1.807, 2.05) is 132 Å². The molecule has 4 aromatic rings. The van der Waals surface area contributed by atoms with Gasteiger partial charge in [0.2, 0.25) is 23.6 Å². The van der Waals surface area contributed by atoms with Crippen molar-refractivity contribution in [2.45, 2.75) is 167 Å². The smallest absolute Gasteiger partial charge is 0.253 e. The van der Waals surface area contributed by atoms with Crippen molar-refractivity contribution in [2.75, 3.05) is 52.4 Å². The number of hydrogen-bond acceptors (Lipinski definition) is 8. The first kappa shape index (κ1) is 59.7. The van der Waals surface area contributed by atoms with Gasteiger partial charge in [-0.25, -0.2) is 0 Å². The Morgan fingerprint density at radius 2 is 0.850 bits per heavy atom. The molecule has 2 aliphatic heterocycles. The highest BCUT2D eigenvalue weighted by atomic mass is 16.2. The fraction of sp³-hybridized carbons (Fsp3) is 0.545. The van der Waals surface area contributed by atoms with E-state index in [9.17, 15) is 28.8 Å². The fourth-order valence-corrected chi connectivity index (χ4v) is 12.9. The Morgan fingerprint density at radius 1 is 0.487 bits per heavy atom. The topological polar surface area (TPSA) is 163 Å². The quantitative estimate of drug-likeness (QED) is 0.0510. The van der Waals surface area contributed by atoms with E-state index in [1.165, 1.54) is 0 Å². The van der Waals surface area contributed by atoms with E-state index >= 15 is 0 Å². The number of carbonyl (C=O) groups is 6. The molecule has 0 spiro atoms. The molecule has 14 heteroatoms. The van der Waals surface area contributed by atoms with Crippen LogP contribution in [0.15, 0.2) is 109 Å². The number of likely N-dealkylation sites (tertiary alicyclic amines) is 2. The lowest BCUT2D eigenvalue weighted by Gasteiger charge is -2.37. The van der Waals surface area contributed by atoms with Gasteiger partial charge in [-0.05, 0) is 150 Å². The van der Waals surface area contributed by atoms with Crippen molar-refractivity contribution in [1.82, 2.24) is 40.9 Å². The molecule has 6 atom stereocenters. The van der Waals surface area contributed by atoms with Crippen LogP contribution in [0.1, 0.15) is 155 Å². The van der Waals surface area contributed by atoms with Crippen molar-refractivity contribution in [3.05, 3.63) is 131 Å².